The number of carboxylic acid groups (broad SMARTS) is 1. The van der Waals surface area contributed by atoms with Crippen molar-refractivity contribution in [2.45, 2.75) is 18.6 Å². The van der Waals surface area contributed by atoms with E-state index in [-0.39, 0.29) is 6.42 Å². The molecular weight excluding hydrogens is 238 g/mol. The van der Waals surface area contributed by atoms with Gasteiger partial charge in [0.05, 0.1) is 12.7 Å². The summed E-state index contributed by atoms with van der Waals surface area (Å²) in [4.78, 5) is 22.6. The topological polar surface area (TPSA) is 107 Å². The summed E-state index contributed by atoms with van der Waals surface area (Å²) in [6.45, 7) is -0.551. The van der Waals surface area contributed by atoms with Crippen molar-refractivity contribution in [1.82, 2.24) is 5.32 Å². The summed E-state index contributed by atoms with van der Waals surface area (Å²) >= 11 is 0. The Hall–Kier alpha value is -1.92. The van der Waals surface area contributed by atoms with Gasteiger partial charge in [-0.2, -0.15) is 0 Å². The number of aliphatic hydroxyl groups excluding tert-OH is 2. The number of carboxylic acids is 1. The highest BCUT2D eigenvalue weighted by Gasteiger charge is 2.23. The monoisotopic (exact) mass is 253 g/mol. The van der Waals surface area contributed by atoms with Crippen molar-refractivity contribution in [1.29, 1.82) is 0 Å². The standard InChI is InChI=1S/C12H15NO5/c14-7-9(15)6-10(12(17)18)13-11(16)8-4-2-1-3-5-8/h1-5,9-10,14-15H,6-7H2,(H,13,16)(H,17,18). The maximum atomic E-state index is 11.7. The number of benzene rings is 1. The lowest BCUT2D eigenvalue weighted by Crippen LogP contribution is -2.43. The maximum Gasteiger partial charge on any atom is 0.326 e. The number of carbonyl (C=O) groups excluding carboxylic acids is 1. The van der Waals surface area contributed by atoms with Gasteiger partial charge in [-0.15, -0.1) is 0 Å². The summed E-state index contributed by atoms with van der Waals surface area (Å²) in [5.41, 5.74) is 0.335. The van der Waals surface area contributed by atoms with Crippen molar-refractivity contribution < 1.29 is 24.9 Å². The molecule has 0 aromatic heterocycles. The molecule has 4 N–H and O–H groups in total. The Morgan fingerprint density at radius 2 is 1.83 bits per heavy atom. The van der Waals surface area contributed by atoms with Gasteiger partial charge in [-0.3, -0.25) is 4.79 Å². The Balaban J connectivity index is 2.67. The van der Waals surface area contributed by atoms with Crippen LogP contribution in [0.3, 0.4) is 0 Å². The molecule has 2 atom stereocenters. The molecule has 0 heterocycles. The summed E-state index contributed by atoms with van der Waals surface area (Å²) in [6, 6.07) is 6.93. The molecule has 0 saturated carbocycles. The van der Waals surface area contributed by atoms with Gasteiger partial charge in [-0.25, -0.2) is 4.79 Å². The maximum absolute atomic E-state index is 11.7. The number of hydrogen-bond donors (Lipinski definition) is 4. The number of aliphatic carboxylic acids is 1. The van der Waals surface area contributed by atoms with Crippen LogP contribution in [0.15, 0.2) is 30.3 Å². The first-order valence-corrected chi connectivity index (χ1v) is 5.42. The van der Waals surface area contributed by atoms with Crippen molar-refractivity contribution >= 4 is 11.9 Å². The minimum atomic E-state index is -1.26. The highest BCUT2D eigenvalue weighted by Crippen LogP contribution is 2.03. The van der Waals surface area contributed by atoms with Gasteiger partial charge in [0, 0.05) is 12.0 Å². The van der Waals surface area contributed by atoms with E-state index in [2.05, 4.69) is 5.32 Å². The number of carbonyl (C=O) groups is 2. The van der Waals surface area contributed by atoms with E-state index in [1.807, 2.05) is 0 Å². The van der Waals surface area contributed by atoms with E-state index in [1.165, 1.54) is 0 Å². The number of nitrogens with one attached hydrogen (secondary N) is 1. The molecule has 1 aromatic carbocycles. The smallest absolute Gasteiger partial charge is 0.326 e. The first kappa shape index (κ1) is 14.1. The van der Waals surface area contributed by atoms with Gasteiger partial charge in [0.25, 0.3) is 5.91 Å². The van der Waals surface area contributed by atoms with E-state index in [0.29, 0.717) is 5.56 Å². The summed E-state index contributed by atoms with van der Waals surface area (Å²) in [7, 11) is 0. The molecule has 0 aliphatic heterocycles. The van der Waals surface area contributed by atoms with Crippen molar-refractivity contribution in [2.75, 3.05) is 6.61 Å². The Bertz CT molecular complexity index is 406. The number of rotatable bonds is 6. The molecule has 2 unspecified atom stereocenters. The van der Waals surface area contributed by atoms with Crippen LogP contribution in [-0.4, -0.2) is 45.9 Å². The molecule has 0 fully saturated rings. The third-order valence-electron chi connectivity index (χ3n) is 2.36. The number of hydrogen-bond acceptors (Lipinski definition) is 4. The zero-order chi connectivity index (χ0) is 13.5. The second kappa shape index (κ2) is 6.73. The third-order valence-corrected chi connectivity index (χ3v) is 2.36. The molecule has 18 heavy (non-hydrogen) atoms. The van der Waals surface area contributed by atoms with Crippen LogP contribution in [0.25, 0.3) is 0 Å². The summed E-state index contributed by atoms with van der Waals surface area (Å²) in [5.74, 6) is -1.79. The average Bonchev–Trinajstić information content (AvgIpc) is 2.38. The quantitative estimate of drug-likeness (QED) is 0.552. The van der Waals surface area contributed by atoms with Crippen LogP contribution in [-0.2, 0) is 4.79 Å². The van der Waals surface area contributed by atoms with Crippen molar-refractivity contribution in [2.24, 2.45) is 0 Å². The first-order chi connectivity index (χ1) is 8.54. The average molecular weight is 253 g/mol. The van der Waals surface area contributed by atoms with E-state index in [9.17, 15) is 14.7 Å². The Labute approximate surface area is 104 Å². The molecule has 0 aliphatic rings. The van der Waals surface area contributed by atoms with Gasteiger partial charge in [-0.1, -0.05) is 18.2 Å². The van der Waals surface area contributed by atoms with Gasteiger partial charge in [0.1, 0.15) is 6.04 Å². The minimum Gasteiger partial charge on any atom is -0.480 e. The molecule has 6 heteroatoms. The molecule has 0 aliphatic carbocycles. The van der Waals surface area contributed by atoms with E-state index < -0.39 is 30.6 Å². The minimum absolute atomic E-state index is 0.246. The normalized spacial score (nSPS) is 13.7. The molecule has 1 rings (SSSR count). The molecule has 0 saturated heterocycles. The summed E-state index contributed by atoms with van der Waals surface area (Å²) in [5, 5.41) is 29.1. The first-order valence-electron chi connectivity index (χ1n) is 5.42. The van der Waals surface area contributed by atoms with Crippen LogP contribution in [0.5, 0.6) is 0 Å². The fourth-order valence-electron chi connectivity index (χ4n) is 1.40. The molecule has 1 aromatic rings. The molecular formula is C12H15NO5. The predicted octanol–water partition coefficient (Wildman–Crippen LogP) is -0.387. The van der Waals surface area contributed by atoms with E-state index in [0.717, 1.165) is 0 Å². The van der Waals surface area contributed by atoms with E-state index in [1.54, 1.807) is 30.3 Å². The van der Waals surface area contributed by atoms with E-state index in [4.69, 9.17) is 10.2 Å². The number of aliphatic hydroxyl groups is 2. The largest absolute Gasteiger partial charge is 0.480 e. The molecule has 98 valence electrons. The van der Waals surface area contributed by atoms with Crippen molar-refractivity contribution in [3.63, 3.8) is 0 Å². The predicted molar refractivity (Wildman–Crippen MR) is 63.0 cm³/mol. The molecule has 1 amide bonds. The van der Waals surface area contributed by atoms with Gasteiger partial charge < -0.3 is 20.6 Å². The Morgan fingerprint density at radius 1 is 1.22 bits per heavy atom. The summed E-state index contributed by atoms with van der Waals surface area (Å²) < 4.78 is 0. The summed E-state index contributed by atoms with van der Waals surface area (Å²) in [6.07, 6.45) is -1.42. The highest BCUT2D eigenvalue weighted by molar-refractivity contribution is 5.96. The van der Waals surface area contributed by atoms with E-state index >= 15 is 0 Å². The SMILES string of the molecule is O=C(NC(CC(O)CO)C(=O)O)c1ccccc1. The fraction of sp³-hybridized carbons (Fsp3) is 0.333. The van der Waals surface area contributed by atoms with Crippen LogP contribution in [0.4, 0.5) is 0 Å². The van der Waals surface area contributed by atoms with Crippen LogP contribution >= 0.6 is 0 Å². The molecule has 6 nitrogen and oxygen atoms in total. The Morgan fingerprint density at radius 3 is 2.33 bits per heavy atom. The molecule has 0 spiro atoms. The lowest BCUT2D eigenvalue weighted by Gasteiger charge is -2.16. The lowest BCUT2D eigenvalue weighted by molar-refractivity contribution is -0.140. The van der Waals surface area contributed by atoms with Crippen LogP contribution in [0.1, 0.15) is 16.8 Å². The van der Waals surface area contributed by atoms with Crippen LogP contribution < -0.4 is 5.32 Å². The van der Waals surface area contributed by atoms with Crippen LogP contribution in [0, 0.1) is 0 Å². The number of amides is 1. The van der Waals surface area contributed by atoms with Crippen molar-refractivity contribution in [3.8, 4) is 0 Å². The van der Waals surface area contributed by atoms with Crippen LogP contribution in [0.2, 0.25) is 0 Å². The lowest BCUT2D eigenvalue weighted by atomic mass is 10.1. The highest BCUT2D eigenvalue weighted by atomic mass is 16.4. The van der Waals surface area contributed by atoms with Gasteiger partial charge >= 0.3 is 5.97 Å². The van der Waals surface area contributed by atoms with Gasteiger partial charge in [0.2, 0.25) is 0 Å². The van der Waals surface area contributed by atoms with Gasteiger partial charge in [0.15, 0.2) is 0 Å². The zero-order valence-corrected chi connectivity index (χ0v) is 9.61. The van der Waals surface area contributed by atoms with Crippen molar-refractivity contribution in [3.05, 3.63) is 35.9 Å². The zero-order valence-electron chi connectivity index (χ0n) is 9.61. The van der Waals surface area contributed by atoms with Gasteiger partial charge in [-0.05, 0) is 12.1 Å². The second-order valence-corrected chi connectivity index (χ2v) is 3.80. The molecule has 0 bridgehead atoms. The Kier molecular flexibility index (Phi) is 5.29. The fourth-order valence-corrected chi connectivity index (χ4v) is 1.40. The second-order valence-electron chi connectivity index (χ2n) is 3.80. The third kappa shape index (κ3) is 4.15. The molecule has 0 radical (unpaired) electrons.